The summed E-state index contributed by atoms with van der Waals surface area (Å²) < 4.78 is 5.20. The molecule has 0 saturated heterocycles. The summed E-state index contributed by atoms with van der Waals surface area (Å²) in [5, 5.41) is 5.22. The SMILES string of the molecule is COc1ccc2c(Nc3cc(Cl)ccc3Cl)ncnc2c1. The third-order valence-corrected chi connectivity index (χ3v) is 3.59. The Morgan fingerprint density at radius 3 is 2.71 bits per heavy atom. The first-order chi connectivity index (χ1) is 10.2. The second-order valence-corrected chi connectivity index (χ2v) is 5.20. The maximum atomic E-state index is 6.16. The van der Waals surface area contributed by atoms with Gasteiger partial charge in [-0.1, -0.05) is 23.2 Å². The molecule has 1 aromatic heterocycles. The van der Waals surface area contributed by atoms with Gasteiger partial charge in [-0.2, -0.15) is 0 Å². The van der Waals surface area contributed by atoms with Gasteiger partial charge in [-0.25, -0.2) is 9.97 Å². The predicted molar refractivity (Wildman–Crippen MR) is 85.8 cm³/mol. The molecule has 0 bridgehead atoms. The van der Waals surface area contributed by atoms with E-state index in [-0.39, 0.29) is 0 Å². The predicted octanol–water partition coefficient (Wildman–Crippen LogP) is 4.69. The summed E-state index contributed by atoms with van der Waals surface area (Å²) in [6.07, 6.45) is 1.49. The molecule has 3 rings (SSSR count). The Kier molecular flexibility index (Phi) is 3.82. The van der Waals surface area contributed by atoms with Gasteiger partial charge < -0.3 is 10.1 Å². The van der Waals surface area contributed by atoms with Crippen LogP contribution in [0.4, 0.5) is 11.5 Å². The van der Waals surface area contributed by atoms with Crippen molar-refractivity contribution in [2.24, 2.45) is 0 Å². The number of ether oxygens (including phenoxy) is 1. The van der Waals surface area contributed by atoms with E-state index in [2.05, 4.69) is 15.3 Å². The summed E-state index contributed by atoms with van der Waals surface area (Å²) in [6, 6.07) is 10.8. The molecule has 0 atom stereocenters. The van der Waals surface area contributed by atoms with Crippen LogP contribution in [0.5, 0.6) is 5.75 Å². The van der Waals surface area contributed by atoms with E-state index in [1.165, 1.54) is 6.33 Å². The number of nitrogens with zero attached hydrogens (tertiary/aromatic N) is 2. The van der Waals surface area contributed by atoms with Crippen molar-refractivity contribution >= 4 is 45.6 Å². The van der Waals surface area contributed by atoms with Crippen molar-refractivity contribution in [3.63, 3.8) is 0 Å². The van der Waals surface area contributed by atoms with Crippen LogP contribution in [0.25, 0.3) is 10.9 Å². The molecule has 2 aromatic carbocycles. The number of hydrogen-bond donors (Lipinski definition) is 1. The number of anilines is 2. The second kappa shape index (κ2) is 5.76. The number of aromatic nitrogens is 2. The normalized spacial score (nSPS) is 10.6. The first-order valence-corrected chi connectivity index (χ1v) is 6.94. The molecular weight excluding hydrogens is 309 g/mol. The molecule has 106 valence electrons. The standard InChI is InChI=1S/C15H11Cl2N3O/c1-21-10-3-4-11-13(7-10)18-8-19-15(11)20-14-6-9(16)2-5-12(14)17/h2-8H,1H3,(H,18,19,20). The van der Waals surface area contributed by atoms with Gasteiger partial charge in [0.25, 0.3) is 0 Å². The molecule has 0 aliphatic heterocycles. The fourth-order valence-electron chi connectivity index (χ4n) is 1.98. The van der Waals surface area contributed by atoms with Gasteiger partial charge >= 0.3 is 0 Å². The summed E-state index contributed by atoms with van der Waals surface area (Å²) in [7, 11) is 1.62. The maximum absolute atomic E-state index is 6.16. The minimum Gasteiger partial charge on any atom is -0.497 e. The monoisotopic (exact) mass is 319 g/mol. The van der Waals surface area contributed by atoms with Crippen molar-refractivity contribution in [3.8, 4) is 5.75 Å². The van der Waals surface area contributed by atoms with Crippen LogP contribution >= 0.6 is 23.2 Å². The van der Waals surface area contributed by atoms with E-state index < -0.39 is 0 Å². The van der Waals surface area contributed by atoms with Gasteiger partial charge in [0.15, 0.2) is 0 Å². The Morgan fingerprint density at radius 1 is 1.05 bits per heavy atom. The lowest BCUT2D eigenvalue weighted by atomic mass is 10.2. The van der Waals surface area contributed by atoms with Crippen LogP contribution in [0, 0.1) is 0 Å². The molecule has 0 amide bonds. The molecule has 0 fully saturated rings. The first-order valence-electron chi connectivity index (χ1n) is 6.18. The van der Waals surface area contributed by atoms with Gasteiger partial charge in [0.2, 0.25) is 0 Å². The number of fused-ring (bicyclic) bond motifs is 1. The van der Waals surface area contributed by atoms with Crippen molar-refractivity contribution in [1.82, 2.24) is 9.97 Å². The highest BCUT2D eigenvalue weighted by Gasteiger charge is 2.08. The zero-order valence-electron chi connectivity index (χ0n) is 11.1. The van der Waals surface area contributed by atoms with E-state index in [9.17, 15) is 0 Å². The van der Waals surface area contributed by atoms with E-state index in [0.29, 0.717) is 21.6 Å². The van der Waals surface area contributed by atoms with Crippen LogP contribution in [-0.4, -0.2) is 17.1 Å². The Hall–Kier alpha value is -2.04. The average Bonchev–Trinajstić information content (AvgIpc) is 2.50. The number of halogens is 2. The molecule has 3 aromatic rings. The van der Waals surface area contributed by atoms with Crippen LogP contribution in [0.3, 0.4) is 0 Å². The summed E-state index contributed by atoms with van der Waals surface area (Å²) >= 11 is 12.2. The van der Waals surface area contributed by atoms with Crippen molar-refractivity contribution in [3.05, 3.63) is 52.8 Å². The summed E-state index contributed by atoms with van der Waals surface area (Å²) in [6.45, 7) is 0. The average molecular weight is 320 g/mol. The van der Waals surface area contributed by atoms with Gasteiger partial charge in [0.05, 0.1) is 23.3 Å². The van der Waals surface area contributed by atoms with Gasteiger partial charge in [-0.15, -0.1) is 0 Å². The lowest BCUT2D eigenvalue weighted by Crippen LogP contribution is -1.97. The zero-order valence-corrected chi connectivity index (χ0v) is 12.6. The summed E-state index contributed by atoms with van der Waals surface area (Å²) in [5.41, 5.74) is 1.48. The number of benzene rings is 2. The molecule has 1 N–H and O–H groups in total. The van der Waals surface area contributed by atoms with E-state index in [4.69, 9.17) is 27.9 Å². The topological polar surface area (TPSA) is 47.0 Å². The minimum atomic E-state index is 0.569. The quantitative estimate of drug-likeness (QED) is 0.760. The lowest BCUT2D eigenvalue weighted by molar-refractivity contribution is 0.415. The molecule has 0 saturated carbocycles. The van der Waals surface area contributed by atoms with E-state index in [1.54, 1.807) is 25.3 Å². The summed E-state index contributed by atoms with van der Waals surface area (Å²) in [4.78, 5) is 8.51. The van der Waals surface area contributed by atoms with Crippen LogP contribution in [0.2, 0.25) is 10.0 Å². The molecule has 6 heteroatoms. The highest BCUT2D eigenvalue weighted by atomic mass is 35.5. The highest BCUT2D eigenvalue weighted by molar-refractivity contribution is 6.35. The Labute approximate surface area is 131 Å². The second-order valence-electron chi connectivity index (χ2n) is 4.35. The molecule has 0 unspecified atom stereocenters. The van der Waals surface area contributed by atoms with Gasteiger partial charge in [0, 0.05) is 16.5 Å². The molecule has 0 radical (unpaired) electrons. The molecule has 0 aliphatic rings. The fraction of sp³-hybridized carbons (Fsp3) is 0.0667. The Balaban J connectivity index is 2.06. The maximum Gasteiger partial charge on any atom is 0.141 e. The van der Waals surface area contributed by atoms with Crippen molar-refractivity contribution in [1.29, 1.82) is 0 Å². The molecule has 1 heterocycles. The number of hydrogen-bond acceptors (Lipinski definition) is 4. The fourth-order valence-corrected chi connectivity index (χ4v) is 2.32. The molecule has 0 aliphatic carbocycles. The molecule has 21 heavy (non-hydrogen) atoms. The van der Waals surface area contributed by atoms with Crippen molar-refractivity contribution in [2.75, 3.05) is 12.4 Å². The largest absolute Gasteiger partial charge is 0.497 e. The van der Waals surface area contributed by atoms with Gasteiger partial charge in [0.1, 0.15) is 17.9 Å². The first kappa shape index (κ1) is 13.9. The van der Waals surface area contributed by atoms with Crippen LogP contribution in [0.15, 0.2) is 42.7 Å². The molecule has 0 spiro atoms. The van der Waals surface area contributed by atoms with Crippen molar-refractivity contribution in [2.45, 2.75) is 0 Å². The van der Waals surface area contributed by atoms with E-state index in [0.717, 1.165) is 16.7 Å². The summed E-state index contributed by atoms with van der Waals surface area (Å²) in [5.74, 6) is 1.40. The van der Waals surface area contributed by atoms with Crippen LogP contribution in [0.1, 0.15) is 0 Å². The Bertz CT molecular complexity index is 808. The van der Waals surface area contributed by atoms with E-state index in [1.807, 2.05) is 18.2 Å². The molecular formula is C15H11Cl2N3O. The smallest absolute Gasteiger partial charge is 0.141 e. The van der Waals surface area contributed by atoms with Gasteiger partial charge in [-0.3, -0.25) is 0 Å². The number of rotatable bonds is 3. The van der Waals surface area contributed by atoms with Crippen LogP contribution < -0.4 is 10.1 Å². The van der Waals surface area contributed by atoms with E-state index >= 15 is 0 Å². The van der Waals surface area contributed by atoms with Crippen LogP contribution in [-0.2, 0) is 0 Å². The highest BCUT2D eigenvalue weighted by Crippen LogP contribution is 2.31. The third-order valence-electron chi connectivity index (χ3n) is 3.03. The minimum absolute atomic E-state index is 0.569. The lowest BCUT2D eigenvalue weighted by Gasteiger charge is -2.10. The number of nitrogens with one attached hydrogen (secondary N) is 1. The van der Waals surface area contributed by atoms with Crippen molar-refractivity contribution < 1.29 is 4.74 Å². The number of methoxy groups -OCH3 is 1. The molecule has 4 nitrogen and oxygen atoms in total. The Morgan fingerprint density at radius 2 is 1.90 bits per heavy atom. The zero-order chi connectivity index (χ0) is 14.8. The third kappa shape index (κ3) is 2.86. The van der Waals surface area contributed by atoms with Gasteiger partial charge in [-0.05, 0) is 30.3 Å².